The molecule has 0 aliphatic heterocycles. The number of nitriles is 1. The topological polar surface area (TPSA) is 56.1 Å². The Kier molecular flexibility index (Phi) is 4.29. The van der Waals surface area contributed by atoms with Crippen LogP contribution >= 0.6 is 0 Å². The zero-order chi connectivity index (χ0) is 12.8. The lowest BCUT2D eigenvalue weighted by Crippen LogP contribution is -2.16. The monoisotopic (exact) mass is 229 g/mol. The Morgan fingerprint density at radius 3 is 2.71 bits per heavy atom. The van der Waals surface area contributed by atoms with Crippen LogP contribution in [0, 0.1) is 18.3 Å². The molecule has 0 fully saturated rings. The SMILES string of the molecule is Cc1cccc(NC(=O)/C(C#N)=C\N(C)C)c1. The molecule has 0 bridgehead atoms. The smallest absolute Gasteiger partial charge is 0.267 e. The fourth-order valence-electron chi connectivity index (χ4n) is 1.32. The van der Waals surface area contributed by atoms with Crippen molar-refractivity contribution in [2.24, 2.45) is 0 Å². The molecule has 0 saturated carbocycles. The van der Waals surface area contributed by atoms with Gasteiger partial charge in [0.2, 0.25) is 0 Å². The van der Waals surface area contributed by atoms with Crippen molar-refractivity contribution in [3.63, 3.8) is 0 Å². The Morgan fingerprint density at radius 2 is 2.18 bits per heavy atom. The summed E-state index contributed by atoms with van der Waals surface area (Å²) in [5.74, 6) is -0.396. The largest absolute Gasteiger partial charge is 0.382 e. The third kappa shape index (κ3) is 3.99. The number of nitrogens with zero attached hydrogens (tertiary/aromatic N) is 2. The fourth-order valence-corrected chi connectivity index (χ4v) is 1.32. The summed E-state index contributed by atoms with van der Waals surface area (Å²) in [6, 6.07) is 9.31. The lowest BCUT2D eigenvalue weighted by Gasteiger charge is -2.08. The van der Waals surface area contributed by atoms with Crippen LogP contribution in [0.3, 0.4) is 0 Å². The molecule has 1 amide bonds. The molecule has 4 nitrogen and oxygen atoms in total. The van der Waals surface area contributed by atoms with Crippen LogP contribution in [-0.2, 0) is 4.79 Å². The van der Waals surface area contributed by atoms with Crippen molar-refractivity contribution in [2.75, 3.05) is 19.4 Å². The molecule has 88 valence electrons. The van der Waals surface area contributed by atoms with E-state index in [1.54, 1.807) is 25.1 Å². The highest BCUT2D eigenvalue weighted by molar-refractivity contribution is 6.06. The van der Waals surface area contributed by atoms with Gasteiger partial charge in [-0.3, -0.25) is 4.79 Å². The average Bonchev–Trinajstić information content (AvgIpc) is 2.25. The summed E-state index contributed by atoms with van der Waals surface area (Å²) in [5, 5.41) is 11.6. The maximum absolute atomic E-state index is 11.8. The maximum Gasteiger partial charge on any atom is 0.267 e. The molecule has 0 aliphatic rings. The van der Waals surface area contributed by atoms with E-state index in [4.69, 9.17) is 5.26 Å². The number of hydrogen-bond donors (Lipinski definition) is 1. The number of hydrogen-bond acceptors (Lipinski definition) is 3. The molecule has 1 N–H and O–H groups in total. The van der Waals surface area contributed by atoms with Crippen LogP contribution in [0.15, 0.2) is 36.0 Å². The predicted molar refractivity (Wildman–Crippen MR) is 67.2 cm³/mol. The highest BCUT2D eigenvalue weighted by Crippen LogP contribution is 2.10. The molecule has 0 saturated heterocycles. The molecule has 0 radical (unpaired) electrons. The number of carbonyl (C=O) groups excluding carboxylic acids is 1. The molecule has 17 heavy (non-hydrogen) atoms. The van der Waals surface area contributed by atoms with Gasteiger partial charge < -0.3 is 10.2 Å². The van der Waals surface area contributed by atoms with Crippen LogP contribution in [0.4, 0.5) is 5.69 Å². The van der Waals surface area contributed by atoms with Crippen LogP contribution in [0.2, 0.25) is 0 Å². The van der Waals surface area contributed by atoms with E-state index in [2.05, 4.69) is 5.32 Å². The minimum absolute atomic E-state index is 0.0801. The second-order valence-corrected chi connectivity index (χ2v) is 3.94. The predicted octanol–water partition coefficient (Wildman–Crippen LogP) is 1.90. The van der Waals surface area contributed by atoms with E-state index in [-0.39, 0.29) is 5.57 Å². The Balaban J connectivity index is 2.82. The van der Waals surface area contributed by atoms with Gasteiger partial charge >= 0.3 is 0 Å². The summed E-state index contributed by atoms with van der Waals surface area (Å²) < 4.78 is 0. The third-order valence-electron chi connectivity index (χ3n) is 2.03. The summed E-state index contributed by atoms with van der Waals surface area (Å²) in [7, 11) is 3.52. The van der Waals surface area contributed by atoms with Gasteiger partial charge in [-0.25, -0.2) is 0 Å². The summed E-state index contributed by atoms with van der Waals surface area (Å²) >= 11 is 0. The summed E-state index contributed by atoms with van der Waals surface area (Å²) in [6.07, 6.45) is 1.49. The Morgan fingerprint density at radius 1 is 1.47 bits per heavy atom. The molecular formula is C13H15N3O. The average molecular weight is 229 g/mol. The zero-order valence-electron chi connectivity index (χ0n) is 10.2. The van der Waals surface area contributed by atoms with E-state index in [1.165, 1.54) is 6.20 Å². The Bertz CT molecular complexity index is 484. The van der Waals surface area contributed by atoms with E-state index in [0.717, 1.165) is 5.56 Å². The number of aryl methyl sites for hydroxylation is 1. The van der Waals surface area contributed by atoms with Crippen LogP contribution in [-0.4, -0.2) is 24.9 Å². The molecule has 0 heterocycles. The van der Waals surface area contributed by atoms with Gasteiger partial charge in [-0.05, 0) is 24.6 Å². The number of anilines is 1. The molecule has 1 aromatic carbocycles. The fraction of sp³-hybridized carbons (Fsp3) is 0.231. The van der Waals surface area contributed by atoms with E-state index < -0.39 is 5.91 Å². The normalized spacial score (nSPS) is 10.6. The summed E-state index contributed by atoms with van der Waals surface area (Å²) in [4.78, 5) is 13.4. The van der Waals surface area contributed by atoms with Gasteiger partial charge in [-0.2, -0.15) is 5.26 Å². The number of benzene rings is 1. The van der Waals surface area contributed by atoms with Crippen LogP contribution in [0.5, 0.6) is 0 Å². The molecular weight excluding hydrogens is 214 g/mol. The summed E-state index contributed by atoms with van der Waals surface area (Å²) in [6.45, 7) is 1.94. The number of rotatable bonds is 3. The lowest BCUT2D eigenvalue weighted by atomic mass is 10.2. The van der Waals surface area contributed by atoms with Crippen LogP contribution in [0.1, 0.15) is 5.56 Å². The van der Waals surface area contributed by atoms with Crippen molar-refractivity contribution in [2.45, 2.75) is 6.92 Å². The first-order valence-corrected chi connectivity index (χ1v) is 5.19. The second kappa shape index (κ2) is 5.71. The Hall–Kier alpha value is -2.28. The number of nitrogens with one attached hydrogen (secondary N) is 1. The van der Waals surface area contributed by atoms with Crippen molar-refractivity contribution in [1.29, 1.82) is 5.26 Å². The van der Waals surface area contributed by atoms with Crippen molar-refractivity contribution in [3.8, 4) is 6.07 Å². The zero-order valence-corrected chi connectivity index (χ0v) is 10.2. The molecule has 0 atom stereocenters. The molecule has 0 spiro atoms. The first-order chi connectivity index (χ1) is 8.02. The van der Waals surface area contributed by atoms with E-state index in [0.29, 0.717) is 5.69 Å². The van der Waals surface area contributed by atoms with Crippen molar-refractivity contribution < 1.29 is 4.79 Å². The first-order valence-electron chi connectivity index (χ1n) is 5.19. The lowest BCUT2D eigenvalue weighted by molar-refractivity contribution is -0.112. The van der Waals surface area contributed by atoms with E-state index in [1.807, 2.05) is 31.2 Å². The molecule has 0 aromatic heterocycles. The quantitative estimate of drug-likeness (QED) is 0.636. The highest BCUT2D eigenvalue weighted by Gasteiger charge is 2.09. The van der Waals surface area contributed by atoms with Crippen molar-refractivity contribution in [1.82, 2.24) is 4.90 Å². The molecule has 1 rings (SSSR count). The first kappa shape index (κ1) is 12.8. The van der Waals surface area contributed by atoms with E-state index in [9.17, 15) is 4.79 Å². The summed E-state index contributed by atoms with van der Waals surface area (Å²) in [5.41, 5.74) is 1.82. The third-order valence-corrected chi connectivity index (χ3v) is 2.03. The maximum atomic E-state index is 11.8. The molecule has 0 unspecified atom stereocenters. The highest BCUT2D eigenvalue weighted by atomic mass is 16.1. The molecule has 4 heteroatoms. The standard InChI is InChI=1S/C13H15N3O/c1-10-5-4-6-12(7-10)15-13(17)11(8-14)9-16(2)3/h4-7,9H,1-3H3,(H,15,17)/b11-9-. The van der Waals surface area contributed by atoms with Crippen LogP contribution < -0.4 is 5.32 Å². The minimum atomic E-state index is -0.396. The van der Waals surface area contributed by atoms with Gasteiger partial charge in [-0.15, -0.1) is 0 Å². The van der Waals surface area contributed by atoms with Gasteiger partial charge in [0, 0.05) is 26.0 Å². The minimum Gasteiger partial charge on any atom is -0.382 e. The Labute approximate surface area is 101 Å². The van der Waals surface area contributed by atoms with Gasteiger partial charge in [0.1, 0.15) is 11.6 Å². The number of carbonyl (C=O) groups is 1. The van der Waals surface area contributed by atoms with Gasteiger partial charge in [0.15, 0.2) is 0 Å². The molecule has 0 aliphatic carbocycles. The number of amides is 1. The van der Waals surface area contributed by atoms with Gasteiger partial charge in [0.25, 0.3) is 5.91 Å². The second-order valence-electron chi connectivity index (χ2n) is 3.94. The van der Waals surface area contributed by atoms with Crippen molar-refractivity contribution in [3.05, 3.63) is 41.6 Å². The van der Waals surface area contributed by atoms with Gasteiger partial charge in [0.05, 0.1) is 0 Å². The van der Waals surface area contributed by atoms with Crippen LogP contribution in [0.25, 0.3) is 0 Å². The van der Waals surface area contributed by atoms with Crippen molar-refractivity contribution >= 4 is 11.6 Å². The van der Waals surface area contributed by atoms with E-state index >= 15 is 0 Å². The van der Waals surface area contributed by atoms with Gasteiger partial charge in [-0.1, -0.05) is 12.1 Å². The molecule has 1 aromatic rings.